The van der Waals surface area contributed by atoms with E-state index in [0.29, 0.717) is 25.8 Å². The molecule has 0 radical (unpaired) electrons. The zero-order valence-corrected chi connectivity index (χ0v) is 12.8. The van der Waals surface area contributed by atoms with E-state index in [4.69, 9.17) is 11.6 Å². The van der Waals surface area contributed by atoms with Gasteiger partial charge in [0.15, 0.2) is 0 Å². The average Bonchev–Trinajstić information content (AvgIpc) is 2.45. The third-order valence-electron chi connectivity index (χ3n) is 3.12. The molecule has 1 aromatic heterocycles. The highest BCUT2D eigenvalue weighted by atomic mass is 35.5. The number of hydrogen-bond acceptors (Lipinski definition) is 3. The molecule has 122 valence electrons. The van der Waals surface area contributed by atoms with Crippen LogP contribution in [0.25, 0.3) is 5.69 Å². The molecule has 0 spiro atoms. The van der Waals surface area contributed by atoms with Gasteiger partial charge in [-0.1, -0.05) is 11.6 Å². The number of halogens is 4. The van der Waals surface area contributed by atoms with E-state index >= 15 is 0 Å². The van der Waals surface area contributed by atoms with E-state index in [-0.39, 0.29) is 5.69 Å². The van der Waals surface area contributed by atoms with Crippen molar-refractivity contribution in [1.29, 1.82) is 0 Å². The maximum Gasteiger partial charge on any atom is 0.431 e. The molecule has 0 aliphatic rings. The van der Waals surface area contributed by atoms with Gasteiger partial charge in [-0.05, 0) is 18.2 Å². The minimum Gasteiger partial charge on any atom is -0.296 e. The van der Waals surface area contributed by atoms with Crippen molar-refractivity contribution < 1.29 is 13.2 Å². The Labute approximate surface area is 133 Å². The van der Waals surface area contributed by atoms with Crippen LogP contribution in [0.15, 0.2) is 38.8 Å². The molecule has 0 amide bonds. The summed E-state index contributed by atoms with van der Waals surface area (Å²) in [6.07, 6.45) is -3.39. The van der Waals surface area contributed by atoms with E-state index in [1.54, 1.807) is 0 Å². The molecule has 9 heteroatoms. The molecule has 0 N–H and O–H groups in total. The van der Waals surface area contributed by atoms with Gasteiger partial charge in [-0.25, -0.2) is 9.36 Å². The second kappa shape index (κ2) is 6.04. The minimum atomic E-state index is -4.80. The summed E-state index contributed by atoms with van der Waals surface area (Å²) >= 11 is 5.95. The first kappa shape index (κ1) is 17.0. The fourth-order valence-corrected chi connectivity index (χ4v) is 2.21. The molecule has 0 bridgehead atoms. The zero-order chi connectivity index (χ0) is 17.4. The van der Waals surface area contributed by atoms with E-state index in [0.717, 1.165) is 7.05 Å². The fraction of sp³-hybridized carbons (Fsp3) is 0.214. The van der Waals surface area contributed by atoms with Crippen molar-refractivity contribution >= 4 is 17.8 Å². The van der Waals surface area contributed by atoms with Gasteiger partial charge < -0.3 is 0 Å². The predicted octanol–water partition coefficient (Wildman–Crippen LogP) is 2.26. The van der Waals surface area contributed by atoms with Crippen LogP contribution in [0.2, 0.25) is 5.02 Å². The molecular weight excluding hydrogens is 335 g/mol. The molecule has 1 aromatic carbocycles. The Balaban J connectivity index is 2.76. The van der Waals surface area contributed by atoms with Crippen molar-refractivity contribution in [3.8, 4) is 5.69 Å². The first-order chi connectivity index (χ1) is 10.7. The van der Waals surface area contributed by atoms with Gasteiger partial charge in [0, 0.05) is 37.0 Å². The quantitative estimate of drug-likeness (QED) is 0.784. The highest BCUT2D eigenvalue weighted by molar-refractivity contribution is 6.33. The molecule has 0 unspecified atom stereocenters. The molecule has 2 rings (SSSR count). The molecule has 0 fully saturated rings. The zero-order valence-electron chi connectivity index (χ0n) is 12.1. The van der Waals surface area contributed by atoms with Gasteiger partial charge in [0.1, 0.15) is 5.69 Å². The first-order valence-corrected chi connectivity index (χ1v) is 6.67. The Kier molecular flexibility index (Phi) is 4.46. The highest BCUT2D eigenvalue weighted by Gasteiger charge is 2.35. The molecule has 0 aliphatic heterocycles. The van der Waals surface area contributed by atoms with E-state index in [1.807, 2.05) is 0 Å². The van der Waals surface area contributed by atoms with Crippen LogP contribution < -0.4 is 11.2 Å². The second-order valence-electron chi connectivity index (χ2n) is 4.64. The largest absolute Gasteiger partial charge is 0.431 e. The molecule has 5 nitrogen and oxygen atoms in total. The summed E-state index contributed by atoms with van der Waals surface area (Å²) in [5.74, 6) is 0. The predicted molar refractivity (Wildman–Crippen MR) is 80.8 cm³/mol. The Morgan fingerprint density at radius 1 is 1.22 bits per heavy atom. The van der Waals surface area contributed by atoms with E-state index < -0.39 is 23.1 Å². The smallest absolute Gasteiger partial charge is 0.296 e. The third kappa shape index (κ3) is 3.21. The lowest BCUT2D eigenvalue weighted by molar-refractivity contribution is -0.144. The Hall–Kier alpha value is -2.35. The first-order valence-electron chi connectivity index (χ1n) is 6.29. The van der Waals surface area contributed by atoms with Gasteiger partial charge in [0.2, 0.25) is 0 Å². The molecule has 2 aromatic rings. The van der Waals surface area contributed by atoms with Crippen LogP contribution in [-0.2, 0) is 13.2 Å². The summed E-state index contributed by atoms with van der Waals surface area (Å²) in [4.78, 5) is 27.9. The van der Waals surface area contributed by atoms with Crippen LogP contribution >= 0.6 is 11.6 Å². The minimum absolute atomic E-state index is 0.101. The summed E-state index contributed by atoms with van der Waals surface area (Å²) in [6, 6.07) is 4.57. The van der Waals surface area contributed by atoms with Crippen LogP contribution in [0, 0.1) is 0 Å². The second-order valence-corrected chi connectivity index (χ2v) is 5.04. The van der Waals surface area contributed by atoms with Gasteiger partial charge in [0.05, 0.1) is 5.69 Å². The van der Waals surface area contributed by atoms with Crippen LogP contribution in [0.5, 0.6) is 0 Å². The van der Waals surface area contributed by atoms with E-state index in [9.17, 15) is 22.8 Å². The van der Waals surface area contributed by atoms with Crippen LogP contribution in [0.1, 0.15) is 11.3 Å². The van der Waals surface area contributed by atoms with Gasteiger partial charge in [-0.2, -0.15) is 13.2 Å². The number of alkyl halides is 3. The maximum absolute atomic E-state index is 12.8. The number of hydrogen-bond donors (Lipinski definition) is 0. The Morgan fingerprint density at radius 2 is 1.87 bits per heavy atom. The van der Waals surface area contributed by atoms with Gasteiger partial charge in [-0.15, -0.1) is 0 Å². The van der Waals surface area contributed by atoms with Crippen molar-refractivity contribution in [3.63, 3.8) is 0 Å². The molecule has 0 saturated heterocycles. The summed E-state index contributed by atoms with van der Waals surface area (Å²) < 4.78 is 39.5. The van der Waals surface area contributed by atoms with Gasteiger partial charge in [-0.3, -0.25) is 14.4 Å². The monoisotopic (exact) mass is 345 g/mol. The number of aliphatic imine (C=N–C) groups is 1. The topological polar surface area (TPSA) is 56.4 Å². The van der Waals surface area contributed by atoms with Crippen molar-refractivity contribution in [2.45, 2.75) is 6.18 Å². The number of benzene rings is 1. The van der Waals surface area contributed by atoms with Gasteiger partial charge in [0.25, 0.3) is 5.56 Å². The number of rotatable bonds is 2. The average molecular weight is 346 g/mol. The molecule has 1 heterocycles. The maximum atomic E-state index is 12.8. The third-order valence-corrected chi connectivity index (χ3v) is 3.46. The number of nitrogens with zero attached hydrogens (tertiary/aromatic N) is 3. The summed E-state index contributed by atoms with van der Waals surface area (Å²) in [7, 11) is 2.46. The Morgan fingerprint density at radius 3 is 2.43 bits per heavy atom. The SMILES string of the molecule is CN=Cc1cc(-n2c(=O)cc(C(F)(F)F)n(C)c2=O)ccc1Cl. The summed E-state index contributed by atoms with van der Waals surface area (Å²) in [6.45, 7) is 0. The van der Waals surface area contributed by atoms with Gasteiger partial charge >= 0.3 is 11.9 Å². The lowest BCUT2D eigenvalue weighted by Crippen LogP contribution is -2.40. The van der Waals surface area contributed by atoms with Crippen LogP contribution in [-0.4, -0.2) is 22.4 Å². The lowest BCUT2D eigenvalue weighted by Gasteiger charge is -2.14. The van der Waals surface area contributed by atoms with Crippen LogP contribution in [0.3, 0.4) is 0 Å². The number of aromatic nitrogens is 2. The lowest BCUT2D eigenvalue weighted by atomic mass is 10.2. The van der Waals surface area contributed by atoms with Crippen LogP contribution in [0.4, 0.5) is 13.2 Å². The molecule has 0 saturated carbocycles. The fourth-order valence-electron chi connectivity index (χ4n) is 2.04. The Bertz CT molecular complexity index is 898. The van der Waals surface area contributed by atoms with Crippen molar-refractivity contribution in [2.24, 2.45) is 12.0 Å². The summed E-state index contributed by atoms with van der Waals surface area (Å²) in [5.41, 5.74) is -2.97. The molecule has 23 heavy (non-hydrogen) atoms. The van der Waals surface area contributed by atoms with E-state index in [2.05, 4.69) is 4.99 Å². The van der Waals surface area contributed by atoms with E-state index in [1.165, 1.54) is 31.5 Å². The summed E-state index contributed by atoms with van der Waals surface area (Å²) in [5, 5.41) is 0.330. The van der Waals surface area contributed by atoms with Crippen molar-refractivity contribution in [1.82, 2.24) is 9.13 Å². The molecule has 0 atom stereocenters. The molecule has 0 aliphatic carbocycles. The highest BCUT2D eigenvalue weighted by Crippen LogP contribution is 2.27. The van der Waals surface area contributed by atoms with Crippen molar-refractivity contribution in [3.05, 3.63) is 61.4 Å². The standard InChI is InChI=1S/C14H11ClF3N3O2/c1-19-7-8-5-9(3-4-10(8)15)21-12(22)6-11(14(16,17)18)20(2)13(21)23/h3-7H,1-2H3. The van der Waals surface area contributed by atoms with Crippen molar-refractivity contribution in [2.75, 3.05) is 7.05 Å². The molecular formula is C14H11ClF3N3O2. The normalized spacial score (nSPS) is 12.1.